The van der Waals surface area contributed by atoms with Crippen LogP contribution in [0.5, 0.6) is 0 Å². The van der Waals surface area contributed by atoms with E-state index in [1.54, 1.807) is 0 Å². The van der Waals surface area contributed by atoms with Crippen LogP contribution in [0.1, 0.15) is 12.8 Å². The highest BCUT2D eigenvalue weighted by Gasteiger charge is 2.10. The van der Waals surface area contributed by atoms with Gasteiger partial charge in [0.15, 0.2) is 0 Å². The second-order valence-corrected chi connectivity index (χ2v) is 4.96. The first-order valence-corrected chi connectivity index (χ1v) is 4.90. The van der Waals surface area contributed by atoms with Crippen LogP contribution >= 0.6 is 15.7 Å². The summed E-state index contributed by atoms with van der Waals surface area (Å²) in [6.07, 6.45) is 2.89. The standard InChI is InChI=1S/C4H6OP2/c5-3-1-2-4-6-7-4/h3-4H,1-2H2. The molecule has 0 aliphatic carbocycles. The predicted octanol–water partition coefficient (Wildman–Crippen LogP) is 2.11. The minimum Gasteiger partial charge on any atom is -0.303 e. The summed E-state index contributed by atoms with van der Waals surface area (Å²) in [7, 11) is 3.07. The fraction of sp³-hybridized carbons (Fsp3) is 0.750. The number of hydrogen-bond donors (Lipinski definition) is 0. The minimum atomic E-state index is 0.769. The maximum atomic E-state index is 9.73. The van der Waals surface area contributed by atoms with E-state index in [1.165, 1.54) is 15.7 Å². The van der Waals surface area contributed by atoms with Gasteiger partial charge in [0.05, 0.1) is 5.40 Å². The molecule has 0 unspecified atom stereocenters. The third-order valence-electron chi connectivity index (χ3n) is 0.821. The van der Waals surface area contributed by atoms with Crippen molar-refractivity contribution < 1.29 is 4.79 Å². The van der Waals surface area contributed by atoms with Crippen LogP contribution in [0, 0.1) is 0 Å². The van der Waals surface area contributed by atoms with Crippen molar-refractivity contribution >= 4 is 22.0 Å². The van der Waals surface area contributed by atoms with Crippen LogP contribution in [0.15, 0.2) is 0 Å². The van der Waals surface area contributed by atoms with Crippen LogP contribution in [-0.2, 0) is 4.79 Å². The Balaban J connectivity index is 1.90. The summed E-state index contributed by atoms with van der Waals surface area (Å²) in [5.41, 5.74) is 0. The summed E-state index contributed by atoms with van der Waals surface area (Å²) < 4.78 is 0. The van der Waals surface area contributed by atoms with Crippen LogP contribution in [0.3, 0.4) is 0 Å². The zero-order valence-corrected chi connectivity index (χ0v) is 5.66. The Bertz CT molecular complexity index is 93.9. The lowest BCUT2D eigenvalue weighted by molar-refractivity contribution is -0.107. The largest absolute Gasteiger partial charge is 0.303 e. The topological polar surface area (TPSA) is 17.1 Å². The summed E-state index contributed by atoms with van der Waals surface area (Å²) >= 11 is 0. The molecule has 0 amide bonds. The summed E-state index contributed by atoms with van der Waals surface area (Å²) in [5, 5.41) is 0.866. The highest BCUT2D eigenvalue weighted by atomic mass is 31.8. The lowest BCUT2D eigenvalue weighted by atomic mass is 10.4. The van der Waals surface area contributed by atoms with E-state index >= 15 is 0 Å². The number of carbonyl (C=O) groups is 1. The van der Waals surface area contributed by atoms with Gasteiger partial charge in [-0.1, -0.05) is 15.7 Å². The molecule has 0 aromatic heterocycles. The van der Waals surface area contributed by atoms with Crippen molar-refractivity contribution in [1.29, 1.82) is 0 Å². The van der Waals surface area contributed by atoms with Crippen molar-refractivity contribution in [3.63, 3.8) is 0 Å². The molecule has 0 N–H and O–H groups in total. The molecule has 3 heteroatoms. The van der Waals surface area contributed by atoms with Gasteiger partial charge >= 0.3 is 0 Å². The molecule has 1 heterocycles. The summed E-state index contributed by atoms with van der Waals surface area (Å²) in [6.45, 7) is 0. The number of rotatable bonds is 3. The normalized spacial score (nSPS) is 29.4. The Morgan fingerprint density at radius 2 is 2.29 bits per heavy atom. The molecule has 7 heavy (non-hydrogen) atoms. The first kappa shape index (κ1) is 5.41. The van der Waals surface area contributed by atoms with Gasteiger partial charge in [0, 0.05) is 6.42 Å². The lowest BCUT2D eigenvalue weighted by Crippen LogP contribution is -1.78. The molecule has 0 aromatic carbocycles. The molecule has 0 atom stereocenters. The maximum absolute atomic E-state index is 9.73. The highest BCUT2D eigenvalue weighted by Crippen LogP contribution is 2.50. The van der Waals surface area contributed by atoms with Gasteiger partial charge in [0.1, 0.15) is 6.29 Å². The molecule has 0 spiro atoms. The molecular formula is C4H6OP2. The van der Waals surface area contributed by atoms with Gasteiger partial charge in [0.25, 0.3) is 0 Å². The molecule has 0 saturated carbocycles. The quantitative estimate of drug-likeness (QED) is 0.424. The van der Waals surface area contributed by atoms with Gasteiger partial charge in [-0.15, -0.1) is 0 Å². The first-order chi connectivity index (χ1) is 3.43. The average molecular weight is 132 g/mol. The van der Waals surface area contributed by atoms with Crippen molar-refractivity contribution in [2.75, 3.05) is 0 Å². The van der Waals surface area contributed by atoms with Gasteiger partial charge in [-0.2, -0.15) is 0 Å². The third-order valence-corrected chi connectivity index (χ3v) is 3.57. The molecule has 0 aromatic rings. The van der Waals surface area contributed by atoms with Crippen LogP contribution in [0.4, 0.5) is 0 Å². The molecule has 0 radical (unpaired) electrons. The summed E-state index contributed by atoms with van der Waals surface area (Å²) in [6, 6.07) is 0. The van der Waals surface area contributed by atoms with Crippen LogP contribution in [0.2, 0.25) is 0 Å². The van der Waals surface area contributed by atoms with Gasteiger partial charge in [-0.3, -0.25) is 0 Å². The number of hydrogen-bond acceptors (Lipinski definition) is 1. The Hall–Kier alpha value is 0.270. The minimum absolute atomic E-state index is 0.769. The van der Waals surface area contributed by atoms with E-state index in [4.69, 9.17) is 0 Å². The van der Waals surface area contributed by atoms with Gasteiger partial charge in [-0.05, 0) is 6.42 Å². The molecular weight excluding hydrogens is 126 g/mol. The van der Waals surface area contributed by atoms with Crippen LogP contribution in [0.25, 0.3) is 0 Å². The van der Waals surface area contributed by atoms with E-state index in [2.05, 4.69) is 0 Å². The third kappa shape index (κ3) is 2.16. The van der Waals surface area contributed by atoms with E-state index < -0.39 is 0 Å². The second-order valence-electron chi connectivity index (χ2n) is 1.46. The van der Waals surface area contributed by atoms with Crippen LogP contribution in [-0.4, -0.2) is 11.7 Å². The monoisotopic (exact) mass is 132 g/mol. The first-order valence-electron chi connectivity index (χ1n) is 2.27. The Morgan fingerprint density at radius 3 is 2.71 bits per heavy atom. The van der Waals surface area contributed by atoms with Crippen molar-refractivity contribution in [3.8, 4) is 0 Å². The van der Waals surface area contributed by atoms with Gasteiger partial charge < -0.3 is 4.79 Å². The van der Waals surface area contributed by atoms with E-state index in [-0.39, 0.29) is 0 Å². The van der Waals surface area contributed by atoms with E-state index in [1.807, 2.05) is 0 Å². The Kier molecular flexibility index (Phi) is 1.97. The molecule has 0 bridgehead atoms. The highest BCUT2D eigenvalue weighted by molar-refractivity contribution is 8.02. The van der Waals surface area contributed by atoms with Crippen molar-refractivity contribution in [2.24, 2.45) is 0 Å². The lowest BCUT2D eigenvalue weighted by Gasteiger charge is -1.81. The van der Waals surface area contributed by atoms with Crippen molar-refractivity contribution in [1.82, 2.24) is 0 Å². The summed E-state index contributed by atoms with van der Waals surface area (Å²) in [4.78, 5) is 9.73. The van der Waals surface area contributed by atoms with E-state index in [9.17, 15) is 4.79 Å². The van der Waals surface area contributed by atoms with Crippen molar-refractivity contribution in [2.45, 2.75) is 18.2 Å². The molecule has 0 fully saturated rings. The molecule has 1 nitrogen and oxygen atoms in total. The van der Waals surface area contributed by atoms with E-state index in [0.717, 1.165) is 24.5 Å². The molecule has 38 valence electrons. The molecule has 1 rings (SSSR count). The van der Waals surface area contributed by atoms with Crippen molar-refractivity contribution in [3.05, 3.63) is 0 Å². The van der Waals surface area contributed by atoms with Gasteiger partial charge in [0.2, 0.25) is 0 Å². The van der Waals surface area contributed by atoms with E-state index in [0.29, 0.717) is 0 Å². The molecule has 0 saturated heterocycles. The zero-order valence-electron chi connectivity index (χ0n) is 3.87. The average Bonchev–Trinajstić information content (AvgIpc) is 2.42. The Labute approximate surface area is 45.9 Å². The van der Waals surface area contributed by atoms with Gasteiger partial charge in [-0.25, -0.2) is 0 Å². The van der Waals surface area contributed by atoms with Crippen LogP contribution < -0.4 is 0 Å². The fourth-order valence-electron chi connectivity index (χ4n) is 0.380. The number of aldehydes is 1. The maximum Gasteiger partial charge on any atom is 0.120 e. The summed E-state index contributed by atoms with van der Waals surface area (Å²) in [5.74, 6) is 0. The second kappa shape index (κ2) is 2.55. The number of carbonyl (C=O) groups excluding carboxylic acids is 1. The fourth-order valence-corrected chi connectivity index (χ4v) is 1.98. The molecule has 1 aliphatic heterocycles. The zero-order chi connectivity index (χ0) is 5.11. The Morgan fingerprint density at radius 1 is 1.57 bits per heavy atom. The smallest absolute Gasteiger partial charge is 0.120 e. The SMILES string of the molecule is O=CCCC1P=P1. The predicted molar refractivity (Wildman–Crippen MR) is 32.9 cm³/mol. The molecule has 1 aliphatic rings.